The van der Waals surface area contributed by atoms with Gasteiger partial charge in [-0.1, -0.05) is 37.8 Å². The first-order chi connectivity index (χ1) is 9.20. The highest BCUT2D eigenvalue weighted by molar-refractivity contribution is 7.71. The van der Waals surface area contributed by atoms with Crippen molar-refractivity contribution in [3.63, 3.8) is 0 Å². The van der Waals surface area contributed by atoms with Crippen molar-refractivity contribution < 1.29 is 0 Å². The summed E-state index contributed by atoms with van der Waals surface area (Å²) in [6.45, 7) is 2.27. The molecule has 2 aromatic heterocycles. The molecule has 1 N–H and O–H groups in total. The zero-order valence-electron chi connectivity index (χ0n) is 11.0. The van der Waals surface area contributed by atoms with Crippen LogP contribution in [-0.4, -0.2) is 14.5 Å². The fourth-order valence-electron chi connectivity index (χ4n) is 3.30. The van der Waals surface area contributed by atoms with Crippen molar-refractivity contribution in [1.29, 1.82) is 0 Å². The Morgan fingerprint density at radius 1 is 1.47 bits per heavy atom. The molecule has 2 unspecified atom stereocenters. The van der Waals surface area contributed by atoms with E-state index in [4.69, 9.17) is 23.8 Å². The van der Waals surface area contributed by atoms with Gasteiger partial charge in [0.05, 0.1) is 10.5 Å². The average molecular weight is 296 g/mol. The predicted octanol–water partition coefficient (Wildman–Crippen LogP) is 4.89. The summed E-state index contributed by atoms with van der Waals surface area (Å²) in [6.07, 6.45) is 8.01. The number of pyridine rings is 1. The van der Waals surface area contributed by atoms with Crippen molar-refractivity contribution >= 4 is 35.0 Å². The van der Waals surface area contributed by atoms with E-state index in [2.05, 4.69) is 21.5 Å². The van der Waals surface area contributed by atoms with Crippen LogP contribution in [0.4, 0.5) is 0 Å². The zero-order valence-corrected chi connectivity index (χ0v) is 12.6. The van der Waals surface area contributed by atoms with Crippen LogP contribution < -0.4 is 0 Å². The second kappa shape index (κ2) is 5.25. The number of aromatic amines is 1. The lowest BCUT2D eigenvalue weighted by Crippen LogP contribution is -2.23. The SMILES string of the molecule is CCC1CCCCC1n1c(=S)[nH]c2cc(Cl)cnc21. The van der Waals surface area contributed by atoms with E-state index in [1.165, 1.54) is 32.1 Å². The lowest BCUT2D eigenvalue weighted by Gasteiger charge is -2.31. The van der Waals surface area contributed by atoms with Gasteiger partial charge in [0.1, 0.15) is 0 Å². The topological polar surface area (TPSA) is 33.6 Å². The number of halogens is 1. The van der Waals surface area contributed by atoms with Gasteiger partial charge in [-0.15, -0.1) is 0 Å². The molecule has 1 aliphatic rings. The maximum Gasteiger partial charge on any atom is 0.179 e. The van der Waals surface area contributed by atoms with Crippen molar-refractivity contribution in [3.8, 4) is 0 Å². The zero-order chi connectivity index (χ0) is 13.4. The fourth-order valence-corrected chi connectivity index (χ4v) is 3.79. The Kier molecular flexibility index (Phi) is 3.63. The van der Waals surface area contributed by atoms with Crippen LogP contribution in [0, 0.1) is 10.7 Å². The Labute approximate surface area is 123 Å². The molecule has 0 aromatic carbocycles. The molecule has 5 heteroatoms. The second-order valence-corrected chi connectivity index (χ2v) is 6.17. The van der Waals surface area contributed by atoms with E-state index in [-0.39, 0.29) is 0 Å². The molecule has 0 radical (unpaired) electrons. The lowest BCUT2D eigenvalue weighted by atomic mass is 9.83. The van der Waals surface area contributed by atoms with Gasteiger partial charge in [-0.2, -0.15) is 0 Å². The smallest absolute Gasteiger partial charge is 0.179 e. The van der Waals surface area contributed by atoms with E-state index in [9.17, 15) is 0 Å². The Hall–Kier alpha value is -0.870. The van der Waals surface area contributed by atoms with Gasteiger partial charge in [0.2, 0.25) is 0 Å². The normalized spacial score (nSPS) is 23.9. The highest BCUT2D eigenvalue weighted by atomic mass is 35.5. The number of rotatable bonds is 2. The molecule has 1 saturated carbocycles. The molecule has 0 saturated heterocycles. The van der Waals surface area contributed by atoms with Gasteiger partial charge in [0.25, 0.3) is 0 Å². The molecule has 2 heterocycles. The molecule has 102 valence electrons. The van der Waals surface area contributed by atoms with Crippen LogP contribution >= 0.6 is 23.8 Å². The Balaban J connectivity index is 2.13. The summed E-state index contributed by atoms with van der Waals surface area (Å²) in [7, 11) is 0. The number of H-pyrrole nitrogens is 1. The number of nitrogens with one attached hydrogen (secondary N) is 1. The van der Waals surface area contributed by atoms with E-state index in [1.807, 2.05) is 6.07 Å². The second-order valence-electron chi connectivity index (χ2n) is 5.34. The van der Waals surface area contributed by atoms with Crippen molar-refractivity contribution in [3.05, 3.63) is 22.1 Å². The number of nitrogens with zero attached hydrogens (tertiary/aromatic N) is 2. The molecule has 3 rings (SSSR count). The molecule has 2 aromatic rings. The quantitative estimate of drug-likeness (QED) is 0.800. The standard InChI is InChI=1S/C14H18ClN3S/c1-2-9-5-3-4-6-12(9)18-13-11(17-14(18)19)7-10(15)8-16-13/h7-9,12H,2-6H2,1H3,(H,17,19). The molecule has 3 nitrogen and oxygen atoms in total. The molecule has 2 atom stereocenters. The van der Waals surface area contributed by atoms with Crippen LogP contribution in [0.2, 0.25) is 5.02 Å². The maximum absolute atomic E-state index is 6.00. The largest absolute Gasteiger partial charge is 0.329 e. The van der Waals surface area contributed by atoms with Crippen molar-refractivity contribution in [1.82, 2.24) is 14.5 Å². The molecule has 0 spiro atoms. The van der Waals surface area contributed by atoms with E-state index in [1.54, 1.807) is 6.20 Å². The minimum atomic E-state index is 0.480. The molecular formula is C14H18ClN3S. The molecule has 1 aliphatic carbocycles. The summed E-state index contributed by atoms with van der Waals surface area (Å²) in [6, 6.07) is 2.38. The first-order valence-electron chi connectivity index (χ1n) is 6.96. The molecule has 19 heavy (non-hydrogen) atoms. The average Bonchev–Trinajstić information content (AvgIpc) is 2.73. The fraction of sp³-hybridized carbons (Fsp3) is 0.571. The Morgan fingerprint density at radius 3 is 3.05 bits per heavy atom. The third-order valence-corrected chi connectivity index (χ3v) is 4.75. The first kappa shape index (κ1) is 13.1. The third-order valence-electron chi connectivity index (χ3n) is 4.25. The summed E-state index contributed by atoms with van der Waals surface area (Å²) in [4.78, 5) is 7.72. The van der Waals surface area contributed by atoms with Crippen LogP contribution in [0.5, 0.6) is 0 Å². The van der Waals surface area contributed by atoms with Gasteiger partial charge in [0, 0.05) is 12.2 Å². The van der Waals surface area contributed by atoms with Crippen molar-refractivity contribution in [2.75, 3.05) is 0 Å². The van der Waals surface area contributed by atoms with Crippen LogP contribution in [0.3, 0.4) is 0 Å². The summed E-state index contributed by atoms with van der Waals surface area (Å²) < 4.78 is 2.99. The summed E-state index contributed by atoms with van der Waals surface area (Å²) in [5, 5.41) is 0.645. The number of imidazole rings is 1. The van der Waals surface area contributed by atoms with Crippen molar-refractivity contribution in [2.24, 2.45) is 5.92 Å². The molecular weight excluding hydrogens is 278 g/mol. The van der Waals surface area contributed by atoms with Gasteiger partial charge < -0.3 is 4.98 Å². The summed E-state index contributed by atoms with van der Waals surface area (Å²) >= 11 is 11.5. The van der Waals surface area contributed by atoms with Gasteiger partial charge >= 0.3 is 0 Å². The highest BCUT2D eigenvalue weighted by Crippen LogP contribution is 2.37. The van der Waals surface area contributed by atoms with Crippen molar-refractivity contribution in [2.45, 2.75) is 45.1 Å². The number of hydrogen-bond donors (Lipinski definition) is 1. The Morgan fingerprint density at radius 2 is 2.26 bits per heavy atom. The van der Waals surface area contributed by atoms with E-state index >= 15 is 0 Å². The first-order valence-corrected chi connectivity index (χ1v) is 7.75. The van der Waals surface area contributed by atoms with Gasteiger partial charge in [-0.25, -0.2) is 4.98 Å². The van der Waals surface area contributed by atoms with Crippen LogP contribution in [0.25, 0.3) is 11.2 Å². The minimum Gasteiger partial charge on any atom is -0.329 e. The van der Waals surface area contributed by atoms with Crippen LogP contribution in [0.15, 0.2) is 12.3 Å². The summed E-state index contributed by atoms with van der Waals surface area (Å²) in [5.74, 6) is 0.705. The van der Waals surface area contributed by atoms with Gasteiger partial charge in [-0.3, -0.25) is 4.57 Å². The monoisotopic (exact) mass is 295 g/mol. The number of fused-ring (bicyclic) bond motifs is 1. The van der Waals surface area contributed by atoms with E-state index < -0.39 is 0 Å². The maximum atomic E-state index is 6.00. The molecule has 1 fully saturated rings. The molecule has 0 aliphatic heterocycles. The molecule has 0 bridgehead atoms. The lowest BCUT2D eigenvalue weighted by molar-refractivity contribution is 0.234. The van der Waals surface area contributed by atoms with Crippen LogP contribution in [-0.2, 0) is 0 Å². The van der Waals surface area contributed by atoms with E-state index in [0.717, 1.165) is 15.9 Å². The van der Waals surface area contributed by atoms with Gasteiger partial charge in [-0.05, 0) is 37.0 Å². The van der Waals surface area contributed by atoms with Gasteiger partial charge in [0.15, 0.2) is 10.4 Å². The minimum absolute atomic E-state index is 0.480. The van der Waals surface area contributed by atoms with E-state index in [0.29, 0.717) is 17.0 Å². The molecule has 0 amide bonds. The number of hydrogen-bond acceptors (Lipinski definition) is 2. The van der Waals surface area contributed by atoms with Crippen LogP contribution in [0.1, 0.15) is 45.1 Å². The Bertz CT molecular complexity index is 646. The summed E-state index contributed by atoms with van der Waals surface area (Å²) in [5.41, 5.74) is 1.89. The number of aromatic nitrogens is 3. The highest BCUT2D eigenvalue weighted by Gasteiger charge is 2.27. The third kappa shape index (κ3) is 2.32. The predicted molar refractivity (Wildman–Crippen MR) is 81.2 cm³/mol.